The second-order valence-electron chi connectivity index (χ2n) is 9.22. The van der Waals surface area contributed by atoms with E-state index in [-0.39, 0.29) is 18.6 Å². The van der Waals surface area contributed by atoms with Gasteiger partial charge in [-0.25, -0.2) is 4.98 Å². The second-order valence-corrected chi connectivity index (χ2v) is 9.66. The molecule has 6 nitrogen and oxygen atoms in total. The summed E-state index contributed by atoms with van der Waals surface area (Å²) in [5.74, 6) is 2.61. The molecule has 1 N–H and O–H groups in total. The van der Waals surface area contributed by atoms with Crippen LogP contribution >= 0.6 is 11.6 Å². The molecule has 0 spiro atoms. The Morgan fingerprint density at radius 2 is 1.65 bits per heavy atom. The van der Waals surface area contributed by atoms with Crippen LogP contribution in [0.25, 0.3) is 11.0 Å². The van der Waals surface area contributed by atoms with E-state index < -0.39 is 0 Å². The minimum Gasteiger partial charge on any atom is -0.494 e. The van der Waals surface area contributed by atoms with Crippen molar-refractivity contribution in [1.82, 2.24) is 14.9 Å². The van der Waals surface area contributed by atoms with E-state index in [4.69, 9.17) is 26.1 Å². The number of carbonyl (C=O) groups is 1. The molecule has 3 aromatic carbocycles. The van der Waals surface area contributed by atoms with Crippen LogP contribution in [0.5, 0.6) is 11.5 Å². The number of hydrogen-bond donors (Lipinski definition) is 1. The minimum atomic E-state index is -0.289. The number of aromatic nitrogens is 2. The van der Waals surface area contributed by atoms with Crippen LogP contribution in [0.15, 0.2) is 72.8 Å². The molecule has 194 valence electrons. The zero-order chi connectivity index (χ0) is 26.2. The third-order valence-electron chi connectivity index (χ3n) is 6.49. The molecule has 4 rings (SSSR count). The largest absolute Gasteiger partial charge is 0.494 e. The highest BCUT2D eigenvalue weighted by molar-refractivity contribution is 6.30. The van der Waals surface area contributed by atoms with Gasteiger partial charge in [0.1, 0.15) is 17.3 Å². The van der Waals surface area contributed by atoms with Gasteiger partial charge in [0.2, 0.25) is 0 Å². The van der Waals surface area contributed by atoms with E-state index in [1.165, 1.54) is 5.56 Å². The van der Waals surface area contributed by atoms with Crippen LogP contribution in [0.3, 0.4) is 0 Å². The van der Waals surface area contributed by atoms with Gasteiger partial charge in [-0.05, 0) is 79.8 Å². The first-order valence-corrected chi connectivity index (χ1v) is 13.2. The number of carbonyl (C=O) groups excluding carboxylic acids is 1. The van der Waals surface area contributed by atoms with Crippen molar-refractivity contribution in [1.29, 1.82) is 0 Å². The molecule has 0 saturated carbocycles. The average Bonchev–Trinajstić information content (AvgIpc) is 3.29. The van der Waals surface area contributed by atoms with E-state index >= 15 is 0 Å². The smallest absolute Gasteiger partial charge is 0.258 e. The third-order valence-corrected chi connectivity index (χ3v) is 6.74. The number of rotatable bonds is 12. The summed E-state index contributed by atoms with van der Waals surface area (Å²) >= 11 is 5.90. The Balaban J connectivity index is 1.36. The molecule has 4 aromatic rings. The van der Waals surface area contributed by atoms with Crippen LogP contribution in [0.2, 0.25) is 5.02 Å². The van der Waals surface area contributed by atoms with Crippen LogP contribution < -0.4 is 14.8 Å². The molecule has 0 aliphatic rings. The SMILES string of the molecule is CCC(C)c1ccc(OCCCn2c(C(C)NC(=O)COc3ccc(Cl)cc3)nc3ccccc32)cc1. The van der Waals surface area contributed by atoms with Crippen molar-refractivity contribution in [2.24, 2.45) is 0 Å². The molecule has 2 atom stereocenters. The quantitative estimate of drug-likeness (QED) is 0.206. The standard InChI is InChI=1S/C30H34ClN3O3/c1-4-21(2)23-10-14-25(15-11-23)36-19-7-18-34-28-9-6-5-8-27(28)33-30(34)22(3)32-29(35)20-37-26-16-12-24(31)13-17-26/h5-6,8-17,21-22H,4,7,18-20H2,1-3H3,(H,32,35). The molecule has 0 bridgehead atoms. The van der Waals surface area contributed by atoms with Gasteiger partial charge >= 0.3 is 0 Å². The molecule has 1 aromatic heterocycles. The predicted octanol–water partition coefficient (Wildman–Crippen LogP) is 6.93. The number of hydrogen-bond acceptors (Lipinski definition) is 4. The summed E-state index contributed by atoms with van der Waals surface area (Å²) in [7, 11) is 0. The van der Waals surface area contributed by atoms with Crippen LogP contribution in [-0.2, 0) is 11.3 Å². The lowest BCUT2D eigenvalue weighted by molar-refractivity contribution is -0.123. The van der Waals surface area contributed by atoms with E-state index in [1.54, 1.807) is 24.3 Å². The Kier molecular flexibility index (Phi) is 9.07. The molecular weight excluding hydrogens is 486 g/mol. The van der Waals surface area contributed by atoms with E-state index in [9.17, 15) is 4.79 Å². The zero-order valence-electron chi connectivity index (χ0n) is 21.6. The molecule has 0 saturated heterocycles. The van der Waals surface area contributed by atoms with E-state index in [2.05, 4.69) is 41.9 Å². The van der Waals surface area contributed by atoms with Gasteiger partial charge in [-0.2, -0.15) is 0 Å². The number of imidazole rings is 1. The molecular formula is C30H34ClN3O3. The lowest BCUT2D eigenvalue weighted by Gasteiger charge is -2.17. The van der Waals surface area contributed by atoms with Gasteiger partial charge < -0.3 is 19.4 Å². The number of benzene rings is 3. The fourth-order valence-corrected chi connectivity index (χ4v) is 4.35. The molecule has 2 unspecified atom stereocenters. The van der Waals surface area contributed by atoms with Crippen molar-refractivity contribution in [3.63, 3.8) is 0 Å². The highest BCUT2D eigenvalue weighted by Crippen LogP contribution is 2.23. The van der Waals surface area contributed by atoms with Crippen LogP contribution in [0.4, 0.5) is 0 Å². The van der Waals surface area contributed by atoms with Crippen LogP contribution in [0.1, 0.15) is 57.0 Å². The maximum atomic E-state index is 12.6. The average molecular weight is 520 g/mol. The van der Waals surface area contributed by atoms with Crippen molar-refractivity contribution >= 4 is 28.5 Å². The summed E-state index contributed by atoms with van der Waals surface area (Å²) < 4.78 is 13.7. The first-order valence-electron chi connectivity index (χ1n) is 12.8. The second kappa shape index (κ2) is 12.6. The number of fused-ring (bicyclic) bond motifs is 1. The fraction of sp³-hybridized carbons (Fsp3) is 0.333. The van der Waals surface area contributed by atoms with Gasteiger partial charge in [-0.3, -0.25) is 4.79 Å². The maximum Gasteiger partial charge on any atom is 0.258 e. The number of nitrogens with one attached hydrogen (secondary N) is 1. The Morgan fingerprint density at radius 1 is 0.973 bits per heavy atom. The minimum absolute atomic E-state index is 0.0874. The van der Waals surface area contributed by atoms with Crippen molar-refractivity contribution in [2.45, 2.75) is 52.1 Å². The van der Waals surface area contributed by atoms with Gasteiger partial charge in [-0.15, -0.1) is 0 Å². The summed E-state index contributed by atoms with van der Waals surface area (Å²) in [6, 6.07) is 23.0. The predicted molar refractivity (Wildman–Crippen MR) is 148 cm³/mol. The number of nitrogens with zero attached hydrogens (tertiary/aromatic N) is 2. The molecule has 1 heterocycles. The van der Waals surface area contributed by atoms with Crippen molar-refractivity contribution in [2.75, 3.05) is 13.2 Å². The Morgan fingerprint density at radius 3 is 2.38 bits per heavy atom. The molecule has 0 radical (unpaired) electrons. The third kappa shape index (κ3) is 7.04. The van der Waals surface area contributed by atoms with E-state index in [0.29, 0.717) is 23.3 Å². The van der Waals surface area contributed by atoms with Crippen molar-refractivity contribution < 1.29 is 14.3 Å². The summed E-state index contributed by atoms with van der Waals surface area (Å²) in [6.07, 6.45) is 1.93. The molecule has 7 heteroatoms. The Hall–Kier alpha value is -3.51. The van der Waals surface area contributed by atoms with Crippen molar-refractivity contribution in [3.8, 4) is 11.5 Å². The topological polar surface area (TPSA) is 65.4 Å². The molecule has 1 amide bonds. The molecule has 0 aliphatic carbocycles. The zero-order valence-corrected chi connectivity index (χ0v) is 22.4. The normalized spacial score (nSPS) is 12.8. The first-order chi connectivity index (χ1) is 17.9. The number of halogens is 1. The summed E-state index contributed by atoms with van der Waals surface area (Å²) in [4.78, 5) is 17.4. The molecule has 0 aliphatic heterocycles. The summed E-state index contributed by atoms with van der Waals surface area (Å²) in [5.41, 5.74) is 3.27. The number of para-hydroxylation sites is 2. The maximum absolute atomic E-state index is 12.6. The summed E-state index contributed by atoms with van der Waals surface area (Å²) in [5, 5.41) is 3.63. The molecule has 0 fully saturated rings. The van der Waals surface area contributed by atoms with Crippen molar-refractivity contribution in [3.05, 3.63) is 89.2 Å². The number of aryl methyl sites for hydroxylation is 1. The van der Waals surface area contributed by atoms with Gasteiger partial charge in [0.15, 0.2) is 6.61 Å². The van der Waals surface area contributed by atoms with E-state index in [1.807, 2.05) is 37.3 Å². The van der Waals surface area contributed by atoms with Gasteiger partial charge in [0.25, 0.3) is 5.91 Å². The summed E-state index contributed by atoms with van der Waals surface area (Å²) in [6.45, 7) is 7.60. The van der Waals surface area contributed by atoms with Crippen LogP contribution in [0, 0.1) is 0 Å². The Bertz CT molecular complexity index is 1300. The molecule has 37 heavy (non-hydrogen) atoms. The lowest BCUT2D eigenvalue weighted by atomic mass is 9.99. The van der Waals surface area contributed by atoms with Gasteiger partial charge in [-0.1, -0.05) is 49.7 Å². The lowest BCUT2D eigenvalue weighted by Crippen LogP contribution is -2.32. The van der Waals surface area contributed by atoms with Crippen LogP contribution in [-0.4, -0.2) is 28.7 Å². The van der Waals surface area contributed by atoms with Gasteiger partial charge in [0.05, 0.1) is 23.7 Å². The highest BCUT2D eigenvalue weighted by Gasteiger charge is 2.18. The Labute approximate surface area is 223 Å². The highest BCUT2D eigenvalue weighted by atomic mass is 35.5. The number of amides is 1. The van der Waals surface area contributed by atoms with Gasteiger partial charge in [0, 0.05) is 11.6 Å². The monoisotopic (exact) mass is 519 g/mol. The number of ether oxygens (including phenoxy) is 2. The van der Waals surface area contributed by atoms with E-state index in [0.717, 1.165) is 42.0 Å². The first kappa shape index (κ1) is 26.6. The fourth-order valence-electron chi connectivity index (χ4n) is 4.23.